The number of ether oxygens (including phenoxy) is 1. The average molecular weight is 244 g/mol. The van der Waals surface area contributed by atoms with E-state index in [1.54, 1.807) is 6.08 Å². The van der Waals surface area contributed by atoms with E-state index in [9.17, 15) is 18.3 Å². The van der Waals surface area contributed by atoms with Crippen LogP contribution in [0.25, 0.3) is 0 Å². The number of hydrogen-bond acceptors (Lipinski definition) is 2. The summed E-state index contributed by atoms with van der Waals surface area (Å²) in [5, 5.41) is 9.82. The lowest BCUT2D eigenvalue weighted by Crippen LogP contribution is -2.12. The van der Waals surface area contributed by atoms with Gasteiger partial charge in [0.05, 0.1) is 6.61 Å². The first-order chi connectivity index (χ1) is 8.09. The summed E-state index contributed by atoms with van der Waals surface area (Å²) in [4.78, 5) is 0. The van der Waals surface area contributed by atoms with Crippen molar-refractivity contribution < 1.29 is 23.0 Å². The molecular formula is C12H11F3O2. The number of hydrogen-bond donors (Lipinski definition) is 1. The van der Waals surface area contributed by atoms with Crippen LogP contribution >= 0.6 is 0 Å². The van der Waals surface area contributed by atoms with Gasteiger partial charge in [-0.3, -0.25) is 0 Å². The minimum absolute atomic E-state index is 0.182. The van der Waals surface area contributed by atoms with E-state index in [4.69, 9.17) is 4.74 Å². The van der Waals surface area contributed by atoms with Crippen molar-refractivity contribution in [1.29, 1.82) is 0 Å². The third-order valence-electron chi connectivity index (χ3n) is 2.57. The monoisotopic (exact) mass is 244 g/mol. The van der Waals surface area contributed by atoms with Crippen molar-refractivity contribution in [2.75, 3.05) is 6.61 Å². The summed E-state index contributed by atoms with van der Waals surface area (Å²) < 4.78 is 44.2. The van der Waals surface area contributed by atoms with E-state index >= 15 is 0 Å². The molecule has 1 unspecified atom stereocenters. The van der Waals surface area contributed by atoms with E-state index in [0.29, 0.717) is 25.2 Å². The number of allylic oxidation sites excluding steroid dienone is 1. The molecule has 1 N–H and O–H groups in total. The van der Waals surface area contributed by atoms with Crippen LogP contribution in [0.1, 0.15) is 24.5 Å². The third kappa shape index (κ3) is 2.44. The second-order valence-electron chi connectivity index (χ2n) is 3.79. The summed E-state index contributed by atoms with van der Waals surface area (Å²) in [7, 11) is 0. The average Bonchev–Trinajstić information content (AvgIpc) is 2.34. The minimum atomic E-state index is -1.40. The topological polar surface area (TPSA) is 29.5 Å². The molecule has 1 heterocycles. The number of benzene rings is 1. The molecule has 92 valence electrons. The van der Waals surface area contributed by atoms with Crippen molar-refractivity contribution in [2.24, 2.45) is 0 Å². The lowest BCUT2D eigenvalue weighted by Gasteiger charge is -2.20. The molecule has 2 nitrogen and oxygen atoms in total. The fourth-order valence-corrected chi connectivity index (χ4v) is 1.67. The maximum absolute atomic E-state index is 13.4. The van der Waals surface area contributed by atoms with Crippen LogP contribution in [0, 0.1) is 17.5 Å². The van der Waals surface area contributed by atoms with Gasteiger partial charge < -0.3 is 9.84 Å². The maximum atomic E-state index is 13.4. The van der Waals surface area contributed by atoms with Crippen LogP contribution in [0.15, 0.2) is 24.0 Å². The highest BCUT2D eigenvalue weighted by atomic mass is 19.2. The van der Waals surface area contributed by atoms with Gasteiger partial charge in [-0.15, -0.1) is 0 Å². The molecule has 0 radical (unpaired) electrons. The van der Waals surface area contributed by atoms with Gasteiger partial charge in [0, 0.05) is 11.6 Å². The molecule has 0 fully saturated rings. The summed E-state index contributed by atoms with van der Waals surface area (Å²) in [6.07, 6.45) is 1.74. The van der Waals surface area contributed by atoms with E-state index in [-0.39, 0.29) is 11.3 Å². The highest BCUT2D eigenvalue weighted by Crippen LogP contribution is 2.28. The zero-order valence-corrected chi connectivity index (χ0v) is 8.92. The molecule has 0 spiro atoms. The third-order valence-corrected chi connectivity index (χ3v) is 2.57. The summed E-state index contributed by atoms with van der Waals surface area (Å²) in [5.74, 6) is -3.29. The molecule has 0 aromatic heterocycles. The fourth-order valence-electron chi connectivity index (χ4n) is 1.67. The Balaban J connectivity index is 2.33. The number of aliphatic hydroxyl groups excluding tert-OH is 1. The summed E-state index contributed by atoms with van der Waals surface area (Å²) in [6.45, 7) is 0.425. The second kappa shape index (κ2) is 4.79. The van der Waals surface area contributed by atoms with Crippen molar-refractivity contribution in [3.8, 4) is 0 Å². The molecule has 5 heteroatoms. The molecule has 0 aliphatic carbocycles. The highest BCUT2D eigenvalue weighted by molar-refractivity contribution is 5.27. The van der Waals surface area contributed by atoms with Gasteiger partial charge >= 0.3 is 0 Å². The Kier molecular flexibility index (Phi) is 3.38. The highest BCUT2D eigenvalue weighted by Gasteiger charge is 2.22. The Bertz CT molecular complexity index is 457. The zero-order chi connectivity index (χ0) is 12.4. The number of aliphatic hydroxyl groups is 1. The molecule has 0 amide bonds. The SMILES string of the molecule is OC(C1=CCCCO1)c1cc(F)c(F)cc1F. The summed E-state index contributed by atoms with van der Waals surface area (Å²) in [6, 6.07) is 1.06. The molecule has 0 saturated heterocycles. The molecular weight excluding hydrogens is 233 g/mol. The first kappa shape index (κ1) is 12.0. The predicted molar refractivity (Wildman–Crippen MR) is 54.5 cm³/mol. The predicted octanol–water partition coefficient (Wildman–Crippen LogP) is 2.83. The molecule has 1 aromatic rings. The maximum Gasteiger partial charge on any atom is 0.161 e. The van der Waals surface area contributed by atoms with Gasteiger partial charge in [-0.1, -0.05) is 0 Å². The van der Waals surface area contributed by atoms with Crippen LogP contribution in [0.2, 0.25) is 0 Å². The Morgan fingerprint density at radius 3 is 2.47 bits per heavy atom. The van der Waals surface area contributed by atoms with Crippen LogP contribution in [0.5, 0.6) is 0 Å². The van der Waals surface area contributed by atoms with Gasteiger partial charge in [0.15, 0.2) is 11.6 Å². The Morgan fingerprint density at radius 2 is 1.82 bits per heavy atom. The van der Waals surface area contributed by atoms with Crippen molar-refractivity contribution in [1.82, 2.24) is 0 Å². The van der Waals surface area contributed by atoms with Gasteiger partial charge in [0.2, 0.25) is 0 Å². The standard InChI is InChI=1S/C12H11F3O2/c13-8-6-10(15)9(14)5-7(8)12(16)11-3-1-2-4-17-11/h3,5-6,12,16H,1-2,4H2. The van der Waals surface area contributed by atoms with E-state index in [1.807, 2.05) is 0 Å². The molecule has 0 saturated carbocycles. The molecule has 2 rings (SSSR count). The Labute approximate surface area is 96.3 Å². The van der Waals surface area contributed by atoms with E-state index in [1.165, 1.54) is 0 Å². The van der Waals surface area contributed by atoms with E-state index < -0.39 is 23.6 Å². The van der Waals surface area contributed by atoms with Crippen LogP contribution in [0.3, 0.4) is 0 Å². The van der Waals surface area contributed by atoms with Crippen LogP contribution in [0.4, 0.5) is 13.2 Å². The van der Waals surface area contributed by atoms with E-state index in [0.717, 1.165) is 6.42 Å². The van der Waals surface area contributed by atoms with Crippen molar-refractivity contribution in [3.05, 3.63) is 47.0 Å². The summed E-state index contributed by atoms with van der Waals surface area (Å²) >= 11 is 0. The van der Waals surface area contributed by atoms with Crippen LogP contribution in [-0.2, 0) is 4.74 Å². The molecule has 1 aliphatic heterocycles. The lowest BCUT2D eigenvalue weighted by atomic mass is 10.0. The normalized spacial score (nSPS) is 17.3. The van der Waals surface area contributed by atoms with Crippen molar-refractivity contribution in [3.63, 3.8) is 0 Å². The Hall–Kier alpha value is -1.49. The van der Waals surface area contributed by atoms with Gasteiger partial charge in [-0.05, 0) is 25.0 Å². The van der Waals surface area contributed by atoms with Gasteiger partial charge in [-0.25, -0.2) is 13.2 Å². The minimum Gasteiger partial charge on any atom is -0.495 e. The molecule has 1 aliphatic rings. The molecule has 17 heavy (non-hydrogen) atoms. The van der Waals surface area contributed by atoms with Gasteiger partial charge in [0.1, 0.15) is 17.7 Å². The first-order valence-corrected chi connectivity index (χ1v) is 5.25. The molecule has 1 aromatic carbocycles. The van der Waals surface area contributed by atoms with Gasteiger partial charge in [0.25, 0.3) is 0 Å². The Morgan fingerprint density at radius 1 is 1.12 bits per heavy atom. The molecule has 0 bridgehead atoms. The fraction of sp³-hybridized carbons (Fsp3) is 0.333. The molecule has 1 atom stereocenters. The first-order valence-electron chi connectivity index (χ1n) is 5.25. The lowest BCUT2D eigenvalue weighted by molar-refractivity contribution is 0.0894. The second-order valence-corrected chi connectivity index (χ2v) is 3.79. The van der Waals surface area contributed by atoms with Crippen LogP contribution in [-0.4, -0.2) is 11.7 Å². The quantitative estimate of drug-likeness (QED) is 0.810. The number of rotatable bonds is 2. The summed E-state index contributed by atoms with van der Waals surface area (Å²) in [5.41, 5.74) is -0.322. The van der Waals surface area contributed by atoms with Crippen molar-refractivity contribution >= 4 is 0 Å². The largest absolute Gasteiger partial charge is 0.495 e. The number of halogens is 3. The van der Waals surface area contributed by atoms with Gasteiger partial charge in [-0.2, -0.15) is 0 Å². The zero-order valence-electron chi connectivity index (χ0n) is 8.92. The van der Waals surface area contributed by atoms with Crippen molar-refractivity contribution in [2.45, 2.75) is 18.9 Å². The van der Waals surface area contributed by atoms with Crippen LogP contribution < -0.4 is 0 Å². The van der Waals surface area contributed by atoms with E-state index in [2.05, 4.69) is 0 Å². The smallest absolute Gasteiger partial charge is 0.161 e.